The molecule has 0 amide bonds. The SMILES string of the molecule is CN=C(NCc1cccc(C#N)c1)N1CCN(c2ccc(OC)cc2)CC1.I. The molecule has 1 saturated heterocycles. The van der Waals surface area contributed by atoms with Crippen molar-refractivity contribution in [3.8, 4) is 11.8 Å². The summed E-state index contributed by atoms with van der Waals surface area (Å²) >= 11 is 0. The Labute approximate surface area is 183 Å². The Morgan fingerprint density at radius 2 is 1.86 bits per heavy atom. The average Bonchev–Trinajstić information content (AvgIpc) is 2.75. The number of rotatable bonds is 4. The molecule has 1 heterocycles. The number of hydrogen-bond acceptors (Lipinski definition) is 4. The second-order valence-corrected chi connectivity index (χ2v) is 6.39. The number of halogens is 1. The molecule has 28 heavy (non-hydrogen) atoms. The first-order valence-corrected chi connectivity index (χ1v) is 9.07. The number of anilines is 1. The van der Waals surface area contributed by atoms with Gasteiger partial charge in [0, 0.05) is 45.5 Å². The molecule has 1 aliphatic heterocycles. The monoisotopic (exact) mass is 491 g/mol. The lowest BCUT2D eigenvalue weighted by Gasteiger charge is -2.37. The minimum Gasteiger partial charge on any atom is -0.497 e. The Morgan fingerprint density at radius 1 is 1.14 bits per heavy atom. The van der Waals surface area contributed by atoms with Crippen LogP contribution in [0.3, 0.4) is 0 Å². The topological polar surface area (TPSA) is 63.9 Å². The van der Waals surface area contributed by atoms with Crippen LogP contribution in [-0.4, -0.2) is 51.2 Å². The van der Waals surface area contributed by atoms with Crippen LogP contribution in [0.5, 0.6) is 5.75 Å². The molecular weight excluding hydrogens is 465 g/mol. The number of guanidine groups is 1. The molecule has 0 bridgehead atoms. The summed E-state index contributed by atoms with van der Waals surface area (Å²) < 4.78 is 5.23. The van der Waals surface area contributed by atoms with Gasteiger partial charge in [0.05, 0.1) is 18.7 Å². The summed E-state index contributed by atoms with van der Waals surface area (Å²) in [6.07, 6.45) is 0. The van der Waals surface area contributed by atoms with E-state index in [9.17, 15) is 0 Å². The van der Waals surface area contributed by atoms with Gasteiger partial charge in [-0.3, -0.25) is 4.99 Å². The molecular formula is C21H26IN5O. The molecule has 1 fully saturated rings. The van der Waals surface area contributed by atoms with Crippen LogP contribution in [0.1, 0.15) is 11.1 Å². The van der Waals surface area contributed by atoms with Gasteiger partial charge in [-0.1, -0.05) is 12.1 Å². The summed E-state index contributed by atoms with van der Waals surface area (Å²) in [5.41, 5.74) is 2.97. The van der Waals surface area contributed by atoms with Crippen molar-refractivity contribution in [2.45, 2.75) is 6.54 Å². The normalized spacial score (nSPS) is 14.1. The molecule has 1 aliphatic rings. The first kappa shape index (κ1) is 21.8. The van der Waals surface area contributed by atoms with Crippen LogP contribution in [0.15, 0.2) is 53.5 Å². The van der Waals surface area contributed by atoms with Crippen LogP contribution in [0.25, 0.3) is 0 Å². The van der Waals surface area contributed by atoms with Gasteiger partial charge < -0.3 is 19.9 Å². The van der Waals surface area contributed by atoms with E-state index in [1.807, 2.05) is 43.4 Å². The molecule has 0 atom stereocenters. The third-order valence-electron chi connectivity index (χ3n) is 4.74. The van der Waals surface area contributed by atoms with E-state index >= 15 is 0 Å². The van der Waals surface area contributed by atoms with E-state index in [2.05, 4.69) is 38.3 Å². The number of nitrogens with zero attached hydrogens (tertiary/aromatic N) is 4. The number of ether oxygens (including phenoxy) is 1. The zero-order valence-electron chi connectivity index (χ0n) is 16.3. The highest BCUT2D eigenvalue weighted by molar-refractivity contribution is 14.0. The molecule has 3 rings (SSSR count). The van der Waals surface area contributed by atoms with Gasteiger partial charge in [0.2, 0.25) is 0 Å². The van der Waals surface area contributed by atoms with Gasteiger partial charge in [0.1, 0.15) is 5.75 Å². The fraction of sp³-hybridized carbons (Fsp3) is 0.333. The Kier molecular flexibility index (Phi) is 8.39. The molecule has 0 aliphatic carbocycles. The predicted molar refractivity (Wildman–Crippen MR) is 124 cm³/mol. The van der Waals surface area contributed by atoms with E-state index in [1.165, 1.54) is 5.69 Å². The lowest BCUT2D eigenvalue weighted by Crippen LogP contribution is -2.52. The molecule has 0 saturated carbocycles. The zero-order valence-corrected chi connectivity index (χ0v) is 18.6. The second-order valence-electron chi connectivity index (χ2n) is 6.39. The summed E-state index contributed by atoms with van der Waals surface area (Å²) in [5.74, 6) is 1.77. The number of piperazine rings is 1. The van der Waals surface area contributed by atoms with Gasteiger partial charge in [-0.25, -0.2) is 0 Å². The summed E-state index contributed by atoms with van der Waals surface area (Å²) in [6, 6.07) is 18.0. The number of nitrogens with one attached hydrogen (secondary N) is 1. The highest BCUT2D eigenvalue weighted by Gasteiger charge is 2.19. The lowest BCUT2D eigenvalue weighted by molar-refractivity contribution is 0.372. The van der Waals surface area contributed by atoms with Crippen LogP contribution in [0, 0.1) is 11.3 Å². The van der Waals surface area contributed by atoms with Gasteiger partial charge in [-0.15, -0.1) is 24.0 Å². The molecule has 0 radical (unpaired) electrons. The standard InChI is InChI=1S/C21H25N5O.HI/c1-23-21(24-16-18-5-3-4-17(14-18)15-22)26-12-10-25(11-13-26)19-6-8-20(27-2)9-7-19;/h3-9,14H,10-13,16H2,1-2H3,(H,23,24);1H. The number of hydrogen-bond donors (Lipinski definition) is 1. The van der Waals surface area contributed by atoms with Gasteiger partial charge in [-0.05, 0) is 42.0 Å². The number of nitriles is 1. The summed E-state index contributed by atoms with van der Waals surface area (Å²) in [7, 11) is 3.49. The van der Waals surface area contributed by atoms with Crippen LogP contribution in [0.4, 0.5) is 5.69 Å². The zero-order chi connectivity index (χ0) is 19.1. The van der Waals surface area contributed by atoms with E-state index in [-0.39, 0.29) is 24.0 Å². The van der Waals surface area contributed by atoms with Crippen molar-refractivity contribution >= 4 is 35.6 Å². The van der Waals surface area contributed by atoms with Crippen LogP contribution < -0.4 is 15.0 Å². The van der Waals surface area contributed by atoms with Gasteiger partial charge in [0.25, 0.3) is 0 Å². The van der Waals surface area contributed by atoms with Gasteiger partial charge in [0.15, 0.2) is 5.96 Å². The van der Waals surface area contributed by atoms with Crippen molar-refractivity contribution in [1.82, 2.24) is 10.2 Å². The quantitative estimate of drug-likeness (QED) is 0.405. The van der Waals surface area contributed by atoms with Crippen LogP contribution >= 0.6 is 24.0 Å². The van der Waals surface area contributed by atoms with Crippen molar-refractivity contribution < 1.29 is 4.74 Å². The van der Waals surface area contributed by atoms with Crippen LogP contribution in [0.2, 0.25) is 0 Å². The smallest absolute Gasteiger partial charge is 0.194 e. The van der Waals surface area contributed by atoms with E-state index < -0.39 is 0 Å². The van der Waals surface area contributed by atoms with Crippen molar-refractivity contribution in [2.24, 2.45) is 4.99 Å². The second kappa shape index (κ2) is 10.8. The molecule has 0 aromatic heterocycles. The minimum absolute atomic E-state index is 0. The largest absolute Gasteiger partial charge is 0.497 e. The Bertz CT molecular complexity index is 823. The molecule has 148 valence electrons. The van der Waals surface area contributed by atoms with E-state index in [4.69, 9.17) is 10.00 Å². The first-order chi connectivity index (χ1) is 13.2. The average molecular weight is 491 g/mol. The molecule has 2 aromatic carbocycles. The Hall–Kier alpha value is -2.47. The number of methoxy groups -OCH3 is 1. The van der Waals surface area contributed by atoms with Gasteiger partial charge >= 0.3 is 0 Å². The number of benzene rings is 2. The molecule has 0 spiro atoms. The summed E-state index contributed by atoms with van der Waals surface area (Å²) in [4.78, 5) is 9.07. The fourth-order valence-electron chi connectivity index (χ4n) is 3.23. The van der Waals surface area contributed by atoms with Crippen molar-refractivity contribution in [3.05, 3.63) is 59.7 Å². The molecule has 6 nitrogen and oxygen atoms in total. The Morgan fingerprint density at radius 3 is 2.46 bits per heavy atom. The molecule has 7 heteroatoms. The maximum absolute atomic E-state index is 9.02. The first-order valence-electron chi connectivity index (χ1n) is 9.07. The fourth-order valence-corrected chi connectivity index (χ4v) is 3.23. The van der Waals surface area contributed by atoms with E-state index in [0.29, 0.717) is 12.1 Å². The van der Waals surface area contributed by atoms with Gasteiger partial charge in [-0.2, -0.15) is 5.26 Å². The molecule has 0 unspecified atom stereocenters. The highest BCUT2D eigenvalue weighted by Crippen LogP contribution is 2.20. The van der Waals surface area contributed by atoms with Crippen LogP contribution in [-0.2, 0) is 6.54 Å². The maximum Gasteiger partial charge on any atom is 0.194 e. The van der Waals surface area contributed by atoms with E-state index in [1.54, 1.807) is 7.11 Å². The van der Waals surface area contributed by atoms with Crippen molar-refractivity contribution in [3.63, 3.8) is 0 Å². The van der Waals surface area contributed by atoms with E-state index in [0.717, 1.165) is 43.5 Å². The molecule has 1 N–H and O–H groups in total. The third-order valence-corrected chi connectivity index (χ3v) is 4.74. The van der Waals surface area contributed by atoms with Crippen molar-refractivity contribution in [1.29, 1.82) is 5.26 Å². The third kappa shape index (κ3) is 5.52. The number of aliphatic imine (C=N–C) groups is 1. The Balaban J connectivity index is 0.00000280. The maximum atomic E-state index is 9.02. The predicted octanol–water partition coefficient (Wildman–Crippen LogP) is 3.08. The minimum atomic E-state index is 0. The highest BCUT2D eigenvalue weighted by atomic mass is 127. The lowest BCUT2D eigenvalue weighted by atomic mass is 10.1. The summed E-state index contributed by atoms with van der Waals surface area (Å²) in [6.45, 7) is 4.35. The summed E-state index contributed by atoms with van der Waals surface area (Å²) in [5, 5.41) is 12.4. The van der Waals surface area contributed by atoms with Crippen molar-refractivity contribution in [2.75, 3.05) is 45.2 Å². The molecule has 2 aromatic rings.